The van der Waals surface area contributed by atoms with Gasteiger partial charge >= 0.3 is 6.09 Å². The topological polar surface area (TPSA) is 55.4 Å². The van der Waals surface area contributed by atoms with Gasteiger partial charge in [-0.3, -0.25) is 4.79 Å². The molecular formula is C10H15NO3. The van der Waals surface area contributed by atoms with E-state index in [-0.39, 0.29) is 23.4 Å². The highest BCUT2D eigenvalue weighted by molar-refractivity contribution is 5.79. The van der Waals surface area contributed by atoms with Gasteiger partial charge < -0.3 is 10.1 Å². The Balaban J connectivity index is 2.04. The van der Waals surface area contributed by atoms with Crippen LogP contribution in [0, 0.1) is 5.92 Å². The molecule has 1 unspecified atom stereocenters. The molecule has 0 bridgehead atoms. The Hall–Kier alpha value is -1.06. The van der Waals surface area contributed by atoms with Gasteiger partial charge in [-0.15, -0.1) is 0 Å². The summed E-state index contributed by atoms with van der Waals surface area (Å²) in [4.78, 5) is 22.3. The van der Waals surface area contributed by atoms with Gasteiger partial charge in [-0.1, -0.05) is 0 Å². The van der Waals surface area contributed by atoms with E-state index in [0.717, 1.165) is 25.7 Å². The first-order valence-electron chi connectivity index (χ1n) is 5.09. The number of hydrogen-bond acceptors (Lipinski definition) is 3. The number of Topliss-reactive ketones (excluding diaryl/α,β-unsaturated/α-hetero) is 1. The second-order valence-electron chi connectivity index (χ2n) is 4.30. The molecule has 2 aliphatic rings. The summed E-state index contributed by atoms with van der Waals surface area (Å²) in [7, 11) is 0. The first-order chi connectivity index (χ1) is 6.61. The predicted molar refractivity (Wildman–Crippen MR) is 49.9 cm³/mol. The zero-order valence-electron chi connectivity index (χ0n) is 8.34. The maximum Gasteiger partial charge on any atom is 0.407 e. The third kappa shape index (κ3) is 1.61. The Morgan fingerprint density at radius 2 is 2.36 bits per heavy atom. The van der Waals surface area contributed by atoms with Gasteiger partial charge in [-0.2, -0.15) is 0 Å². The zero-order chi connectivity index (χ0) is 10.2. The van der Waals surface area contributed by atoms with Gasteiger partial charge in [0.2, 0.25) is 0 Å². The molecule has 0 aromatic rings. The molecule has 14 heavy (non-hydrogen) atoms. The predicted octanol–water partition coefficient (Wildman–Crippen LogP) is 1.24. The van der Waals surface area contributed by atoms with E-state index >= 15 is 0 Å². The van der Waals surface area contributed by atoms with Crippen molar-refractivity contribution in [3.63, 3.8) is 0 Å². The van der Waals surface area contributed by atoms with Crippen LogP contribution < -0.4 is 5.32 Å². The van der Waals surface area contributed by atoms with E-state index in [9.17, 15) is 9.59 Å². The average Bonchev–Trinajstić information content (AvgIpc) is 2.49. The Labute approximate surface area is 83.0 Å². The molecule has 0 aromatic carbocycles. The lowest BCUT2D eigenvalue weighted by molar-refractivity contribution is -0.121. The molecule has 1 saturated heterocycles. The van der Waals surface area contributed by atoms with Gasteiger partial charge in [0.1, 0.15) is 11.4 Å². The van der Waals surface area contributed by atoms with E-state index in [1.54, 1.807) is 6.92 Å². The number of carbonyl (C=O) groups is 2. The van der Waals surface area contributed by atoms with Gasteiger partial charge in [-0.05, 0) is 26.2 Å². The van der Waals surface area contributed by atoms with E-state index in [2.05, 4.69) is 5.32 Å². The summed E-state index contributed by atoms with van der Waals surface area (Å²) in [6.45, 7) is 2.29. The molecule has 4 heteroatoms. The molecule has 1 spiro atoms. The van der Waals surface area contributed by atoms with Crippen molar-refractivity contribution in [1.29, 1.82) is 0 Å². The summed E-state index contributed by atoms with van der Waals surface area (Å²) in [6.07, 6.45) is 2.92. The minimum Gasteiger partial charge on any atom is -0.443 e. The maximum atomic E-state index is 11.2. The van der Waals surface area contributed by atoms with Gasteiger partial charge in [0.25, 0.3) is 0 Å². The van der Waals surface area contributed by atoms with E-state index in [1.807, 2.05) is 0 Å². The third-order valence-electron chi connectivity index (χ3n) is 3.30. The summed E-state index contributed by atoms with van der Waals surface area (Å²) in [5.74, 6) is 0.317. The largest absolute Gasteiger partial charge is 0.443 e. The fourth-order valence-corrected chi connectivity index (χ4v) is 2.43. The minimum atomic E-state index is -0.335. The molecule has 78 valence electrons. The molecule has 2 fully saturated rings. The van der Waals surface area contributed by atoms with Crippen molar-refractivity contribution < 1.29 is 14.3 Å². The second kappa shape index (κ2) is 3.26. The van der Waals surface area contributed by atoms with Crippen LogP contribution in [0.2, 0.25) is 0 Å². The SMILES string of the molecule is CC(=O)[C@@H]1CCC2(CCNC(=O)O2)C1. The maximum absolute atomic E-state index is 11.2. The third-order valence-corrected chi connectivity index (χ3v) is 3.30. The van der Waals surface area contributed by atoms with E-state index in [0.29, 0.717) is 6.54 Å². The lowest BCUT2D eigenvalue weighted by atomic mass is 9.94. The minimum absolute atomic E-state index is 0.0981. The Morgan fingerprint density at radius 3 is 2.93 bits per heavy atom. The molecule has 1 aliphatic heterocycles. The number of nitrogens with one attached hydrogen (secondary N) is 1. The standard InChI is InChI=1S/C10H15NO3/c1-7(12)8-2-3-10(6-8)4-5-11-9(13)14-10/h8H,2-6H2,1H3,(H,11,13)/t8-,10?/m1/s1. The monoisotopic (exact) mass is 197 g/mol. The Bertz CT molecular complexity index is 277. The molecule has 2 atom stereocenters. The average molecular weight is 197 g/mol. The van der Waals surface area contributed by atoms with Gasteiger partial charge in [0, 0.05) is 18.9 Å². The smallest absolute Gasteiger partial charge is 0.407 e. The van der Waals surface area contributed by atoms with E-state index in [1.165, 1.54) is 0 Å². The number of alkyl carbamates (subject to hydrolysis) is 1. The summed E-state index contributed by atoms with van der Waals surface area (Å²) in [5, 5.41) is 2.63. The van der Waals surface area contributed by atoms with Crippen molar-refractivity contribution in [1.82, 2.24) is 5.32 Å². The van der Waals surface area contributed by atoms with Crippen LogP contribution in [-0.4, -0.2) is 24.0 Å². The highest BCUT2D eigenvalue weighted by Crippen LogP contribution is 2.41. The first-order valence-corrected chi connectivity index (χ1v) is 5.09. The van der Waals surface area contributed by atoms with E-state index in [4.69, 9.17) is 4.74 Å². The van der Waals surface area contributed by atoms with Crippen molar-refractivity contribution >= 4 is 11.9 Å². The number of ketones is 1. The molecule has 0 radical (unpaired) electrons. The van der Waals surface area contributed by atoms with Crippen LogP contribution in [0.3, 0.4) is 0 Å². The molecule has 1 N–H and O–H groups in total. The summed E-state index contributed by atoms with van der Waals surface area (Å²) in [6, 6.07) is 0. The van der Waals surface area contributed by atoms with Gasteiger partial charge in [0.15, 0.2) is 0 Å². The fourth-order valence-electron chi connectivity index (χ4n) is 2.43. The van der Waals surface area contributed by atoms with Crippen molar-refractivity contribution in [2.24, 2.45) is 5.92 Å². The number of ether oxygens (including phenoxy) is 1. The van der Waals surface area contributed by atoms with Crippen molar-refractivity contribution in [3.8, 4) is 0 Å². The van der Waals surface area contributed by atoms with Crippen molar-refractivity contribution in [2.45, 2.75) is 38.2 Å². The highest BCUT2D eigenvalue weighted by Gasteiger charge is 2.45. The van der Waals surface area contributed by atoms with Crippen molar-refractivity contribution in [3.05, 3.63) is 0 Å². The van der Waals surface area contributed by atoms with Crippen LogP contribution >= 0.6 is 0 Å². The quantitative estimate of drug-likeness (QED) is 0.688. The van der Waals surface area contributed by atoms with Gasteiger partial charge in [0.05, 0.1) is 0 Å². The number of rotatable bonds is 1. The summed E-state index contributed by atoms with van der Waals surface area (Å²) in [5.41, 5.74) is -0.335. The zero-order valence-corrected chi connectivity index (χ0v) is 8.34. The van der Waals surface area contributed by atoms with Crippen LogP contribution in [0.5, 0.6) is 0 Å². The van der Waals surface area contributed by atoms with Crippen LogP contribution in [0.15, 0.2) is 0 Å². The first kappa shape index (κ1) is 9.49. The number of carbonyl (C=O) groups excluding carboxylic acids is 2. The lowest BCUT2D eigenvalue weighted by Crippen LogP contribution is -2.46. The van der Waals surface area contributed by atoms with Crippen molar-refractivity contribution in [2.75, 3.05) is 6.54 Å². The van der Waals surface area contributed by atoms with Crippen LogP contribution in [-0.2, 0) is 9.53 Å². The molecular weight excluding hydrogens is 182 g/mol. The summed E-state index contributed by atoms with van der Waals surface area (Å²) < 4.78 is 5.31. The number of amides is 1. The summed E-state index contributed by atoms with van der Waals surface area (Å²) >= 11 is 0. The second-order valence-corrected chi connectivity index (χ2v) is 4.30. The number of hydrogen-bond donors (Lipinski definition) is 1. The highest BCUT2D eigenvalue weighted by atomic mass is 16.6. The molecule has 1 aliphatic carbocycles. The molecule has 4 nitrogen and oxygen atoms in total. The molecule has 1 amide bonds. The molecule has 2 rings (SSSR count). The fraction of sp³-hybridized carbons (Fsp3) is 0.800. The molecule has 0 aromatic heterocycles. The van der Waals surface area contributed by atoms with Crippen LogP contribution in [0.4, 0.5) is 4.79 Å². The van der Waals surface area contributed by atoms with Crippen LogP contribution in [0.25, 0.3) is 0 Å². The lowest BCUT2D eigenvalue weighted by Gasteiger charge is -2.33. The van der Waals surface area contributed by atoms with E-state index < -0.39 is 0 Å². The Morgan fingerprint density at radius 1 is 1.57 bits per heavy atom. The Kier molecular flexibility index (Phi) is 2.21. The molecule has 1 heterocycles. The van der Waals surface area contributed by atoms with Gasteiger partial charge in [-0.25, -0.2) is 4.79 Å². The molecule has 1 saturated carbocycles. The van der Waals surface area contributed by atoms with Crippen LogP contribution in [0.1, 0.15) is 32.6 Å². The normalized spacial score (nSPS) is 36.6.